The van der Waals surface area contributed by atoms with Gasteiger partial charge < -0.3 is 10.5 Å². The van der Waals surface area contributed by atoms with Crippen molar-refractivity contribution in [2.24, 2.45) is 5.73 Å². The van der Waals surface area contributed by atoms with Crippen LogP contribution in [0.2, 0.25) is 0 Å². The Kier molecular flexibility index (Phi) is 3.99. The molecule has 0 spiro atoms. The number of aryl methyl sites for hydroxylation is 1. The van der Waals surface area contributed by atoms with Gasteiger partial charge in [-0.15, -0.1) is 0 Å². The molecular formula is C15H14F3NO. The van der Waals surface area contributed by atoms with Crippen LogP contribution in [0.25, 0.3) is 0 Å². The largest absolute Gasteiger partial charge is 0.497 e. The molecule has 0 saturated heterocycles. The third kappa shape index (κ3) is 2.63. The Bertz CT molecular complexity index is 620. The van der Waals surface area contributed by atoms with Crippen molar-refractivity contribution in [2.75, 3.05) is 7.11 Å². The molecule has 2 aromatic carbocycles. The van der Waals surface area contributed by atoms with Crippen LogP contribution < -0.4 is 10.5 Å². The first-order valence-electron chi connectivity index (χ1n) is 5.98. The number of methoxy groups -OCH3 is 1. The first-order chi connectivity index (χ1) is 9.43. The smallest absolute Gasteiger partial charge is 0.134 e. The van der Waals surface area contributed by atoms with Crippen LogP contribution in [0.15, 0.2) is 30.3 Å². The molecule has 0 heterocycles. The molecule has 0 aliphatic rings. The van der Waals surface area contributed by atoms with Crippen molar-refractivity contribution in [2.45, 2.75) is 13.0 Å². The number of halogens is 3. The van der Waals surface area contributed by atoms with Gasteiger partial charge in [-0.2, -0.15) is 0 Å². The highest BCUT2D eigenvalue weighted by Gasteiger charge is 2.21. The Morgan fingerprint density at radius 1 is 1.05 bits per heavy atom. The Morgan fingerprint density at radius 2 is 1.65 bits per heavy atom. The maximum absolute atomic E-state index is 14.0. The Hall–Kier alpha value is -2.01. The normalized spacial score (nSPS) is 12.3. The van der Waals surface area contributed by atoms with Crippen molar-refractivity contribution < 1.29 is 17.9 Å². The second-order valence-corrected chi connectivity index (χ2v) is 4.48. The molecule has 0 fully saturated rings. The van der Waals surface area contributed by atoms with Crippen LogP contribution in [0.3, 0.4) is 0 Å². The highest BCUT2D eigenvalue weighted by Crippen LogP contribution is 2.30. The highest BCUT2D eigenvalue weighted by molar-refractivity contribution is 5.40. The summed E-state index contributed by atoms with van der Waals surface area (Å²) in [5.74, 6) is -2.08. The van der Waals surface area contributed by atoms with Crippen molar-refractivity contribution in [3.05, 3.63) is 64.5 Å². The fraction of sp³-hybridized carbons (Fsp3) is 0.200. The minimum absolute atomic E-state index is 0.0620. The molecule has 0 aliphatic heterocycles. The predicted octanol–water partition coefficient (Wildman–Crippen LogP) is 3.47. The van der Waals surface area contributed by atoms with Crippen molar-refractivity contribution >= 4 is 0 Å². The molecule has 0 aliphatic carbocycles. The number of ether oxygens (including phenoxy) is 1. The average molecular weight is 281 g/mol. The van der Waals surface area contributed by atoms with E-state index in [0.717, 1.165) is 12.1 Å². The summed E-state index contributed by atoms with van der Waals surface area (Å²) in [7, 11) is 1.31. The molecule has 1 atom stereocenters. The lowest BCUT2D eigenvalue weighted by atomic mass is 9.94. The van der Waals surface area contributed by atoms with Crippen LogP contribution in [0.5, 0.6) is 5.75 Å². The number of hydrogen-bond donors (Lipinski definition) is 1. The van der Waals surface area contributed by atoms with Crippen LogP contribution in [-0.2, 0) is 0 Å². The van der Waals surface area contributed by atoms with E-state index in [0.29, 0.717) is 11.1 Å². The van der Waals surface area contributed by atoms with Crippen molar-refractivity contribution in [1.82, 2.24) is 0 Å². The fourth-order valence-corrected chi connectivity index (χ4v) is 2.08. The lowest BCUT2D eigenvalue weighted by molar-refractivity contribution is 0.404. The van der Waals surface area contributed by atoms with Gasteiger partial charge in [0.15, 0.2) is 0 Å². The van der Waals surface area contributed by atoms with Gasteiger partial charge in [0, 0.05) is 17.7 Å². The van der Waals surface area contributed by atoms with E-state index in [-0.39, 0.29) is 11.3 Å². The lowest BCUT2D eigenvalue weighted by Gasteiger charge is -2.17. The van der Waals surface area contributed by atoms with E-state index < -0.39 is 23.5 Å². The second-order valence-electron chi connectivity index (χ2n) is 4.48. The van der Waals surface area contributed by atoms with Gasteiger partial charge in [0.1, 0.15) is 23.2 Å². The molecule has 0 saturated carbocycles. The number of benzene rings is 2. The number of rotatable bonds is 3. The number of nitrogens with two attached hydrogens (primary N) is 1. The fourth-order valence-electron chi connectivity index (χ4n) is 2.08. The molecular weight excluding hydrogens is 267 g/mol. The maximum atomic E-state index is 14.0. The summed E-state index contributed by atoms with van der Waals surface area (Å²) in [5, 5.41) is 0. The molecule has 2 rings (SSSR count). The molecule has 1 unspecified atom stereocenters. The summed E-state index contributed by atoms with van der Waals surface area (Å²) < 4.78 is 46.0. The van der Waals surface area contributed by atoms with Gasteiger partial charge in [-0.25, -0.2) is 13.2 Å². The van der Waals surface area contributed by atoms with E-state index in [1.54, 1.807) is 6.92 Å². The first kappa shape index (κ1) is 14.4. The third-order valence-corrected chi connectivity index (χ3v) is 3.18. The molecule has 0 bridgehead atoms. The Morgan fingerprint density at radius 3 is 2.20 bits per heavy atom. The van der Waals surface area contributed by atoms with Crippen molar-refractivity contribution in [3.8, 4) is 5.75 Å². The summed E-state index contributed by atoms with van der Waals surface area (Å²) in [6, 6.07) is 4.98. The minimum atomic E-state index is -1.09. The van der Waals surface area contributed by atoms with Crippen LogP contribution in [0, 0.1) is 24.4 Å². The predicted molar refractivity (Wildman–Crippen MR) is 70.1 cm³/mol. The standard InChI is InChI=1S/C15H14F3NO/c1-8-3-4-9(16)5-11(8)15(19)14-12(17)6-10(20-2)7-13(14)18/h3-7,15H,19H2,1-2H3. The number of hydrogen-bond acceptors (Lipinski definition) is 2. The van der Waals surface area contributed by atoms with Crippen LogP contribution in [-0.4, -0.2) is 7.11 Å². The first-order valence-corrected chi connectivity index (χ1v) is 5.98. The van der Waals surface area contributed by atoms with E-state index in [4.69, 9.17) is 10.5 Å². The highest BCUT2D eigenvalue weighted by atomic mass is 19.1. The van der Waals surface area contributed by atoms with Gasteiger partial charge in [-0.1, -0.05) is 6.07 Å². The van der Waals surface area contributed by atoms with E-state index in [1.165, 1.54) is 25.3 Å². The van der Waals surface area contributed by atoms with Crippen LogP contribution in [0.4, 0.5) is 13.2 Å². The van der Waals surface area contributed by atoms with Gasteiger partial charge in [-0.05, 0) is 30.2 Å². The molecule has 2 nitrogen and oxygen atoms in total. The zero-order valence-corrected chi connectivity index (χ0v) is 11.1. The van der Waals surface area contributed by atoms with Gasteiger partial charge >= 0.3 is 0 Å². The van der Waals surface area contributed by atoms with E-state index in [1.807, 2.05) is 0 Å². The maximum Gasteiger partial charge on any atom is 0.134 e. The monoisotopic (exact) mass is 281 g/mol. The minimum Gasteiger partial charge on any atom is -0.497 e. The van der Waals surface area contributed by atoms with Crippen molar-refractivity contribution in [1.29, 1.82) is 0 Å². The summed E-state index contributed by atoms with van der Waals surface area (Å²) >= 11 is 0. The molecule has 5 heteroatoms. The molecule has 0 radical (unpaired) electrons. The van der Waals surface area contributed by atoms with Gasteiger partial charge in [0.25, 0.3) is 0 Å². The van der Waals surface area contributed by atoms with E-state index in [9.17, 15) is 13.2 Å². The molecule has 106 valence electrons. The molecule has 0 aromatic heterocycles. The summed E-state index contributed by atoms with van der Waals surface area (Å²) in [6.45, 7) is 1.70. The van der Waals surface area contributed by atoms with E-state index >= 15 is 0 Å². The third-order valence-electron chi connectivity index (χ3n) is 3.18. The van der Waals surface area contributed by atoms with Crippen LogP contribution in [0.1, 0.15) is 22.7 Å². The summed E-state index contributed by atoms with van der Waals surface area (Å²) in [4.78, 5) is 0. The van der Waals surface area contributed by atoms with Gasteiger partial charge in [0.2, 0.25) is 0 Å². The summed E-state index contributed by atoms with van der Waals surface area (Å²) in [6.07, 6.45) is 0. The topological polar surface area (TPSA) is 35.2 Å². The molecule has 2 aromatic rings. The average Bonchev–Trinajstić information content (AvgIpc) is 2.40. The summed E-state index contributed by atoms with van der Waals surface area (Å²) in [5.41, 5.74) is 6.59. The zero-order valence-electron chi connectivity index (χ0n) is 11.1. The Balaban J connectivity index is 2.53. The van der Waals surface area contributed by atoms with E-state index in [2.05, 4.69) is 0 Å². The molecule has 0 amide bonds. The lowest BCUT2D eigenvalue weighted by Crippen LogP contribution is -2.17. The van der Waals surface area contributed by atoms with Crippen LogP contribution >= 0.6 is 0 Å². The van der Waals surface area contributed by atoms with Gasteiger partial charge in [0.05, 0.1) is 13.2 Å². The second kappa shape index (κ2) is 5.54. The quantitative estimate of drug-likeness (QED) is 0.935. The SMILES string of the molecule is COc1cc(F)c(C(N)c2cc(F)ccc2C)c(F)c1. The molecule has 20 heavy (non-hydrogen) atoms. The Labute approximate surface area is 115 Å². The van der Waals surface area contributed by atoms with Crippen molar-refractivity contribution in [3.63, 3.8) is 0 Å². The molecule has 2 N–H and O–H groups in total. The zero-order chi connectivity index (χ0) is 14.9. The van der Waals surface area contributed by atoms with Gasteiger partial charge in [-0.3, -0.25) is 0 Å².